The number of amides is 3. The number of nitrogens with one attached hydrogen (secondary N) is 2. The SMILES string of the molecule is CC(C)(C)NC(=O)NC(=O)CSCCO. The van der Waals surface area contributed by atoms with E-state index >= 15 is 0 Å². The number of aliphatic hydroxyl groups is 1. The summed E-state index contributed by atoms with van der Waals surface area (Å²) in [5.41, 5.74) is -0.359. The molecule has 0 spiro atoms. The van der Waals surface area contributed by atoms with Crippen LogP contribution in [0.2, 0.25) is 0 Å². The van der Waals surface area contributed by atoms with Crippen LogP contribution in [0.4, 0.5) is 4.79 Å². The molecule has 0 heterocycles. The van der Waals surface area contributed by atoms with Gasteiger partial charge in [0, 0.05) is 11.3 Å². The molecule has 0 aliphatic heterocycles. The monoisotopic (exact) mass is 234 g/mol. The van der Waals surface area contributed by atoms with Crippen molar-refractivity contribution in [2.45, 2.75) is 26.3 Å². The van der Waals surface area contributed by atoms with Gasteiger partial charge in [0.2, 0.25) is 5.91 Å². The van der Waals surface area contributed by atoms with Crippen LogP contribution in [0.3, 0.4) is 0 Å². The van der Waals surface area contributed by atoms with Gasteiger partial charge in [-0.25, -0.2) is 4.79 Å². The molecule has 0 saturated carbocycles. The molecule has 15 heavy (non-hydrogen) atoms. The van der Waals surface area contributed by atoms with Gasteiger partial charge < -0.3 is 10.4 Å². The number of aliphatic hydroxyl groups excluding tert-OH is 1. The molecule has 0 aromatic carbocycles. The first-order valence-electron chi connectivity index (χ1n) is 4.66. The summed E-state index contributed by atoms with van der Waals surface area (Å²) in [4.78, 5) is 22.3. The maximum Gasteiger partial charge on any atom is 0.321 e. The van der Waals surface area contributed by atoms with E-state index < -0.39 is 6.03 Å². The number of imide groups is 1. The normalized spacial score (nSPS) is 10.9. The van der Waals surface area contributed by atoms with Gasteiger partial charge in [0.05, 0.1) is 12.4 Å². The predicted molar refractivity (Wildman–Crippen MR) is 60.8 cm³/mol. The van der Waals surface area contributed by atoms with Crippen molar-refractivity contribution >= 4 is 23.7 Å². The highest BCUT2D eigenvalue weighted by molar-refractivity contribution is 7.99. The number of rotatable bonds is 4. The van der Waals surface area contributed by atoms with Gasteiger partial charge in [0.25, 0.3) is 0 Å². The summed E-state index contributed by atoms with van der Waals surface area (Å²) in [5, 5.41) is 13.3. The van der Waals surface area contributed by atoms with Crippen LogP contribution in [0.15, 0.2) is 0 Å². The predicted octanol–water partition coefficient (Wildman–Crippen LogP) is 0.336. The largest absolute Gasteiger partial charge is 0.396 e. The van der Waals surface area contributed by atoms with Crippen molar-refractivity contribution in [1.29, 1.82) is 0 Å². The van der Waals surface area contributed by atoms with Crippen molar-refractivity contribution < 1.29 is 14.7 Å². The van der Waals surface area contributed by atoms with Crippen LogP contribution in [0.5, 0.6) is 0 Å². The zero-order chi connectivity index (χ0) is 11.9. The van der Waals surface area contributed by atoms with Crippen molar-refractivity contribution in [3.05, 3.63) is 0 Å². The van der Waals surface area contributed by atoms with Gasteiger partial charge in [0.1, 0.15) is 0 Å². The third-order valence-corrected chi connectivity index (χ3v) is 2.15. The number of urea groups is 1. The minimum absolute atomic E-state index is 0.0339. The fraction of sp³-hybridized carbons (Fsp3) is 0.778. The number of hydrogen-bond donors (Lipinski definition) is 3. The lowest BCUT2D eigenvalue weighted by Gasteiger charge is -2.20. The molecule has 0 saturated heterocycles. The van der Waals surface area contributed by atoms with E-state index in [4.69, 9.17) is 5.11 Å². The Hall–Kier alpha value is -0.750. The molecule has 0 atom stereocenters. The fourth-order valence-electron chi connectivity index (χ4n) is 0.764. The molecule has 0 radical (unpaired) electrons. The van der Waals surface area contributed by atoms with Gasteiger partial charge in [-0.3, -0.25) is 10.1 Å². The molecule has 0 aromatic heterocycles. The van der Waals surface area contributed by atoms with Crippen LogP contribution in [-0.2, 0) is 4.79 Å². The summed E-state index contributed by atoms with van der Waals surface area (Å²) < 4.78 is 0. The van der Waals surface area contributed by atoms with E-state index in [1.807, 2.05) is 20.8 Å². The Labute approximate surface area is 94.0 Å². The Morgan fingerprint density at radius 3 is 2.40 bits per heavy atom. The molecule has 0 rings (SSSR count). The molecule has 0 unspecified atom stereocenters. The highest BCUT2D eigenvalue weighted by Crippen LogP contribution is 1.99. The second-order valence-electron chi connectivity index (χ2n) is 4.03. The quantitative estimate of drug-likeness (QED) is 0.613. The second kappa shape index (κ2) is 6.68. The van der Waals surface area contributed by atoms with Gasteiger partial charge in [-0.05, 0) is 20.8 Å². The lowest BCUT2D eigenvalue weighted by atomic mass is 10.1. The number of thioether (sulfide) groups is 1. The van der Waals surface area contributed by atoms with E-state index in [1.54, 1.807) is 0 Å². The Kier molecular flexibility index (Phi) is 6.35. The van der Waals surface area contributed by atoms with Crippen LogP contribution >= 0.6 is 11.8 Å². The molecular weight excluding hydrogens is 216 g/mol. The number of carbonyl (C=O) groups is 2. The van der Waals surface area contributed by atoms with Crippen LogP contribution in [0, 0.1) is 0 Å². The van der Waals surface area contributed by atoms with Gasteiger partial charge in [-0.15, -0.1) is 11.8 Å². The smallest absolute Gasteiger partial charge is 0.321 e. The van der Waals surface area contributed by atoms with Crippen molar-refractivity contribution in [3.8, 4) is 0 Å². The molecule has 5 nitrogen and oxygen atoms in total. The van der Waals surface area contributed by atoms with E-state index in [1.165, 1.54) is 11.8 Å². The summed E-state index contributed by atoms with van der Waals surface area (Å²) in [5.74, 6) is 0.321. The van der Waals surface area contributed by atoms with E-state index in [0.717, 1.165) is 0 Å². The molecule has 0 fully saturated rings. The van der Waals surface area contributed by atoms with Gasteiger partial charge >= 0.3 is 6.03 Å². The molecule has 0 bridgehead atoms. The molecule has 0 aromatic rings. The zero-order valence-electron chi connectivity index (χ0n) is 9.29. The summed E-state index contributed by atoms with van der Waals surface area (Å²) in [6, 6.07) is -0.489. The van der Waals surface area contributed by atoms with Crippen molar-refractivity contribution in [1.82, 2.24) is 10.6 Å². The first kappa shape index (κ1) is 14.2. The summed E-state index contributed by atoms with van der Waals surface area (Å²) >= 11 is 1.28. The highest BCUT2D eigenvalue weighted by atomic mass is 32.2. The molecule has 6 heteroatoms. The van der Waals surface area contributed by atoms with Crippen LogP contribution in [0.25, 0.3) is 0 Å². The average molecular weight is 234 g/mol. The average Bonchev–Trinajstić information content (AvgIpc) is 2.00. The summed E-state index contributed by atoms with van der Waals surface area (Å²) in [6.07, 6.45) is 0. The summed E-state index contributed by atoms with van der Waals surface area (Å²) in [7, 11) is 0. The van der Waals surface area contributed by atoms with Crippen molar-refractivity contribution in [3.63, 3.8) is 0 Å². The molecule has 0 aliphatic rings. The minimum Gasteiger partial charge on any atom is -0.396 e. The number of carbonyl (C=O) groups excluding carboxylic acids is 2. The van der Waals surface area contributed by atoms with Gasteiger partial charge in [-0.1, -0.05) is 0 Å². The Bertz CT molecular complexity index is 226. The van der Waals surface area contributed by atoms with E-state index in [0.29, 0.717) is 5.75 Å². The molecule has 3 N–H and O–H groups in total. The molecule has 88 valence electrons. The Balaban J connectivity index is 3.72. The molecular formula is C9H18N2O3S. The molecule has 0 aliphatic carbocycles. The van der Waals surface area contributed by atoms with Crippen molar-refractivity contribution in [2.75, 3.05) is 18.1 Å². The lowest BCUT2D eigenvalue weighted by molar-refractivity contribution is -0.117. The van der Waals surface area contributed by atoms with Crippen LogP contribution in [0.1, 0.15) is 20.8 Å². The van der Waals surface area contributed by atoms with E-state index in [-0.39, 0.29) is 23.8 Å². The maximum absolute atomic E-state index is 11.2. The third-order valence-electron chi connectivity index (χ3n) is 1.21. The standard InChI is InChI=1S/C9H18N2O3S/c1-9(2,3)11-8(14)10-7(13)6-15-5-4-12/h12H,4-6H2,1-3H3,(H2,10,11,13,14). The van der Waals surface area contributed by atoms with Crippen LogP contribution < -0.4 is 10.6 Å². The fourth-order valence-corrected chi connectivity index (χ4v) is 1.29. The van der Waals surface area contributed by atoms with Crippen molar-refractivity contribution in [2.24, 2.45) is 0 Å². The van der Waals surface area contributed by atoms with Crippen LogP contribution in [-0.4, -0.2) is 40.7 Å². The molecule has 3 amide bonds. The Morgan fingerprint density at radius 2 is 1.93 bits per heavy atom. The lowest BCUT2D eigenvalue weighted by Crippen LogP contribution is -2.48. The second-order valence-corrected chi connectivity index (χ2v) is 5.13. The summed E-state index contributed by atoms with van der Waals surface area (Å²) in [6.45, 7) is 5.53. The third kappa shape index (κ3) is 9.55. The first-order valence-corrected chi connectivity index (χ1v) is 5.81. The minimum atomic E-state index is -0.489. The van der Waals surface area contributed by atoms with E-state index in [2.05, 4.69) is 10.6 Å². The maximum atomic E-state index is 11.2. The van der Waals surface area contributed by atoms with E-state index in [9.17, 15) is 9.59 Å². The zero-order valence-corrected chi connectivity index (χ0v) is 10.1. The number of hydrogen-bond acceptors (Lipinski definition) is 4. The van der Waals surface area contributed by atoms with Gasteiger partial charge in [-0.2, -0.15) is 0 Å². The van der Waals surface area contributed by atoms with Gasteiger partial charge in [0.15, 0.2) is 0 Å². The Morgan fingerprint density at radius 1 is 1.33 bits per heavy atom. The highest BCUT2D eigenvalue weighted by Gasteiger charge is 2.15. The topological polar surface area (TPSA) is 78.4 Å². The first-order chi connectivity index (χ1) is 6.85.